The predicted molar refractivity (Wildman–Crippen MR) is 73.0 cm³/mol. The number of carbonyl (C=O) groups excluding carboxylic acids is 1. The Hall–Kier alpha value is -2.17. The van der Waals surface area contributed by atoms with Crippen LogP contribution in [0.1, 0.15) is 24.4 Å². The number of hydrogen-bond acceptors (Lipinski definition) is 3. The van der Waals surface area contributed by atoms with Crippen LogP contribution in [0.15, 0.2) is 42.7 Å². The lowest BCUT2D eigenvalue weighted by atomic mass is 9.92. The minimum absolute atomic E-state index is 0.241. The number of aromatic nitrogens is 3. The molecule has 1 saturated heterocycles. The summed E-state index contributed by atoms with van der Waals surface area (Å²) in [6.45, 7) is 1.49. The number of benzene rings is 1. The van der Waals surface area contributed by atoms with Crippen LogP contribution in [0.5, 0.6) is 0 Å². The Morgan fingerprint density at radius 1 is 1.20 bits per heavy atom. The number of hydrogen-bond donors (Lipinski definition) is 0. The fourth-order valence-corrected chi connectivity index (χ4v) is 3.01. The van der Waals surface area contributed by atoms with Crippen molar-refractivity contribution in [2.24, 2.45) is 0 Å². The Bertz CT molecular complexity index is 613. The van der Waals surface area contributed by atoms with Crippen LogP contribution < -0.4 is 0 Å². The van der Waals surface area contributed by atoms with Crippen molar-refractivity contribution >= 4 is 5.91 Å². The van der Waals surface area contributed by atoms with Crippen molar-refractivity contribution in [1.82, 2.24) is 19.9 Å². The summed E-state index contributed by atoms with van der Waals surface area (Å²) >= 11 is 0. The van der Waals surface area contributed by atoms with Crippen molar-refractivity contribution in [3.05, 3.63) is 48.3 Å². The van der Waals surface area contributed by atoms with Gasteiger partial charge in [-0.2, -0.15) is 0 Å². The van der Waals surface area contributed by atoms with Crippen molar-refractivity contribution in [3.63, 3.8) is 0 Å². The lowest BCUT2D eigenvalue weighted by molar-refractivity contribution is -0.140. The van der Waals surface area contributed by atoms with Gasteiger partial charge in [0.15, 0.2) is 0 Å². The number of rotatable bonds is 3. The average Bonchev–Trinajstić information content (AvgIpc) is 3.09. The van der Waals surface area contributed by atoms with E-state index in [1.165, 1.54) is 0 Å². The van der Waals surface area contributed by atoms with Crippen LogP contribution in [0.4, 0.5) is 0 Å². The highest BCUT2D eigenvalue weighted by molar-refractivity contribution is 5.91. The van der Waals surface area contributed by atoms with E-state index in [4.69, 9.17) is 0 Å². The van der Waals surface area contributed by atoms with E-state index in [9.17, 15) is 4.79 Å². The highest BCUT2D eigenvalue weighted by atomic mass is 16.2. The van der Waals surface area contributed by atoms with Gasteiger partial charge in [0.25, 0.3) is 0 Å². The van der Waals surface area contributed by atoms with Crippen molar-refractivity contribution in [2.45, 2.75) is 24.3 Å². The third-order valence-electron chi connectivity index (χ3n) is 4.45. The molecule has 5 nitrogen and oxygen atoms in total. The summed E-state index contributed by atoms with van der Waals surface area (Å²) in [7, 11) is 0. The normalized spacial score (nSPS) is 20.5. The molecule has 0 atom stereocenters. The minimum atomic E-state index is -0.241. The first-order chi connectivity index (χ1) is 9.79. The maximum Gasteiger partial charge on any atom is 0.233 e. The summed E-state index contributed by atoms with van der Waals surface area (Å²) in [6, 6.07) is 10.4. The maximum atomic E-state index is 12.7. The Morgan fingerprint density at radius 3 is 2.55 bits per heavy atom. The molecule has 20 heavy (non-hydrogen) atoms. The molecular weight excluding hydrogens is 252 g/mol. The van der Waals surface area contributed by atoms with E-state index in [2.05, 4.69) is 22.4 Å². The summed E-state index contributed by atoms with van der Waals surface area (Å²) in [4.78, 5) is 14.7. The van der Waals surface area contributed by atoms with E-state index >= 15 is 0 Å². The molecule has 1 aromatic carbocycles. The maximum absolute atomic E-state index is 12.7. The van der Waals surface area contributed by atoms with Crippen LogP contribution in [0, 0.1) is 0 Å². The lowest BCUT2D eigenvalue weighted by Crippen LogP contribution is -2.54. The van der Waals surface area contributed by atoms with Crippen LogP contribution in [-0.4, -0.2) is 38.9 Å². The zero-order valence-corrected chi connectivity index (χ0v) is 11.1. The van der Waals surface area contributed by atoms with Gasteiger partial charge < -0.3 is 4.90 Å². The number of carbonyl (C=O) groups is 1. The molecular formula is C15H16N4O. The van der Waals surface area contributed by atoms with E-state index in [-0.39, 0.29) is 17.4 Å². The van der Waals surface area contributed by atoms with E-state index in [0.29, 0.717) is 0 Å². The monoisotopic (exact) mass is 268 g/mol. The molecule has 102 valence electrons. The summed E-state index contributed by atoms with van der Waals surface area (Å²) in [6.07, 6.45) is 5.48. The fraction of sp³-hybridized carbons (Fsp3) is 0.400. The Kier molecular flexibility index (Phi) is 2.42. The topological polar surface area (TPSA) is 51.0 Å². The Morgan fingerprint density at radius 2 is 1.95 bits per heavy atom. The van der Waals surface area contributed by atoms with Crippen molar-refractivity contribution < 1.29 is 4.79 Å². The van der Waals surface area contributed by atoms with Gasteiger partial charge in [0.1, 0.15) is 0 Å². The second-order valence-electron chi connectivity index (χ2n) is 5.70. The number of amides is 1. The molecule has 5 heteroatoms. The zero-order valence-electron chi connectivity index (χ0n) is 11.1. The van der Waals surface area contributed by atoms with Crippen molar-refractivity contribution in [3.8, 4) is 0 Å². The fourth-order valence-electron chi connectivity index (χ4n) is 3.01. The van der Waals surface area contributed by atoms with E-state index in [0.717, 1.165) is 31.5 Å². The summed E-state index contributed by atoms with van der Waals surface area (Å²) in [5.74, 6) is 0.278. The molecule has 0 N–H and O–H groups in total. The summed E-state index contributed by atoms with van der Waals surface area (Å²) < 4.78 is 1.84. The van der Waals surface area contributed by atoms with Crippen LogP contribution in [0.25, 0.3) is 0 Å². The van der Waals surface area contributed by atoms with Crippen LogP contribution >= 0.6 is 0 Å². The minimum Gasteiger partial charge on any atom is -0.337 e. The summed E-state index contributed by atoms with van der Waals surface area (Å²) in [5, 5.41) is 7.81. The van der Waals surface area contributed by atoms with Crippen molar-refractivity contribution in [2.75, 3.05) is 13.1 Å². The first kappa shape index (κ1) is 11.6. The summed E-state index contributed by atoms with van der Waals surface area (Å²) in [5.41, 5.74) is 0.920. The first-order valence-electron chi connectivity index (χ1n) is 7.00. The van der Waals surface area contributed by atoms with Gasteiger partial charge >= 0.3 is 0 Å². The van der Waals surface area contributed by atoms with Gasteiger partial charge in [-0.3, -0.25) is 4.79 Å². The highest BCUT2D eigenvalue weighted by Gasteiger charge is 2.54. The number of nitrogens with zero attached hydrogens (tertiary/aromatic N) is 4. The molecule has 1 aliphatic carbocycles. The molecule has 0 unspecified atom stereocenters. The lowest BCUT2D eigenvalue weighted by Gasteiger charge is -2.41. The van der Waals surface area contributed by atoms with E-state index < -0.39 is 0 Å². The molecule has 0 radical (unpaired) electrons. The molecule has 1 aromatic heterocycles. The predicted octanol–water partition coefficient (Wildman–Crippen LogP) is 1.39. The van der Waals surface area contributed by atoms with Gasteiger partial charge in [-0.25, -0.2) is 4.68 Å². The molecule has 0 spiro atoms. The van der Waals surface area contributed by atoms with Crippen LogP contribution in [-0.2, 0) is 10.2 Å². The molecule has 2 fully saturated rings. The second kappa shape index (κ2) is 4.16. The molecule has 2 aliphatic rings. The van der Waals surface area contributed by atoms with Gasteiger partial charge in [-0.1, -0.05) is 35.5 Å². The molecule has 2 heterocycles. The molecule has 0 bridgehead atoms. The smallest absolute Gasteiger partial charge is 0.233 e. The Labute approximate surface area is 117 Å². The third kappa shape index (κ3) is 1.66. The first-order valence-corrected chi connectivity index (χ1v) is 7.00. The average molecular weight is 268 g/mol. The van der Waals surface area contributed by atoms with Gasteiger partial charge in [0, 0.05) is 19.3 Å². The van der Waals surface area contributed by atoms with Gasteiger partial charge in [0.05, 0.1) is 17.7 Å². The van der Waals surface area contributed by atoms with E-state index in [1.54, 1.807) is 6.20 Å². The Balaban J connectivity index is 1.47. The molecule has 1 amide bonds. The second-order valence-corrected chi connectivity index (χ2v) is 5.70. The van der Waals surface area contributed by atoms with Gasteiger partial charge in [0.2, 0.25) is 5.91 Å². The largest absolute Gasteiger partial charge is 0.337 e. The van der Waals surface area contributed by atoms with Crippen LogP contribution in [0.3, 0.4) is 0 Å². The quantitative estimate of drug-likeness (QED) is 0.845. The number of likely N-dealkylation sites (tertiary alicyclic amines) is 1. The highest BCUT2D eigenvalue weighted by Crippen LogP contribution is 2.50. The van der Waals surface area contributed by atoms with Crippen LogP contribution in [0.2, 0.25) is 0 Å². The molecule has 2 aromatic rings. The zero-order chi connectivity index (χ0) is 13.6. The van der Waals surface area contributed by atoms with Crippen molar-refractivity contribution in [1.29, 1.82) is 0 Å². The van der Waals surface area contributed by atoms with E-state index in [1.807, 2.05) is 34.0 Å². The van der Waals surface area contributed by atoms with Gasteiger partial charge in [-0.05, 0) is 18.4 Å². The molecule has 1 saturated carbocycles. The van der Waals surface area contributed by atoms with Gasteiger partial charge in [-0.15, -0.1) is 5.10 Å². The standard InChI is InChI=1S/C15H16N4O/c20-14(15(6-7-15)12-4-2-1-3-5-12)18-10-13(11-18)19-9-8-16-17-19/h1-5,8-9,13H,6-7,10-11H2. The SMILES string of the molecule is O=C(N1CC(n2ccnn2)C1)C1(c2ccccc2)CC1. The molecule has 4 rings (SSSR count). The third-order valence-corrected chi connectivity index (χ3v) is 4.45. The molecule has 1 aliphatic heterocycles.